The average Bonchev–Trinajstić information content (AvgIpc) is 2.90. The monoisotopic (exact) mass is 282 g/mol. The minimum absolute atomic E-state index is 0.582. The first-order valence-electron chi connectivity index (χ1n) is 7.77. The lowest BCUT2D eigenvalue weighted by molar-refractivity contribution is 0.166. The number of aromatic nitrogens is 1. The standard InChI is InChI=1S/C17H22N4/c1-2-20(15-6-5-8-19-11-15)12-14-13-21-9-4-3-7-17(21)16(14)10-18/h3-4,7,9,13,15,19H,2,5-6,8,11-12H2,1H3. The first-order valence-corrected chi connectivity index (χ1v) is 7.77. The van der Waals surface area contributed by atoms with Gasteiger partial charge in [0.15, 0.2) is 0 Å². The van der Waals surface area contributed by atoms with Gasteiger partial charge in [-0.2, -0.15) is 5.26 Å². The fourth-order valence-corrected chi connectivity index (χ4v) is 3.29. The molecule has 1 saturated heterocycles. The number of nitrogens with zero attached hydrogens (tertiary/aromatic N) is 3. The molecule has 2 aromatic rings. The number of nitrogens with one attached hydrogen (secondary N) is 1. The van der Waals surface area contributed by atoms with Crippen LogP contribution in [0.25, 0.3) is 5.52 Å². The van der Waals surface area contributed by atoms with E-state index < -0.39 is 0 Å². The summed E-state index contributed by atoms with van der Waals surface area (Å²) >= 11 is 0. The van der Waals surface area contributed by atoms with E-state index in [9.17, 15) is 5.26 Å². The van der Waals surface area contributed by atoms with E-state index in [0.717, 1.165) is 42.8 Å². The third-order valence-corrected chi connectivity index (χ3v) is 4.44. The van der Waals surface area contributed by atoms with Crippen molar-refractivity contribution in [1.29, 1.82) is 5.26 Å². The molecule has 1 fully saturated rings. The van der Waals surface area contributed by atoms with E-state index in [0.29, 0.717) is 6.04 Å². The lowest BCUT2D eigenvalue weighted by Gasteiger charge is -2.33. The molecule has 0 amide bonds. The van der Waals surface area contributed by atoms with Crippen LogP contribution in [0.1, 0.15) is 30.9 Å². The summed E-state index contributed by atoms with van der Waals surface area (Å²) in [5.74, 6) is 0. The van der Waals surface area contributed by atoms with Crippen molar-refractivity contribution in [3.8, 4) is 6.07 Å². The van der Waals surface area contributed by atoms with Crippen molar-refractivity contribution in [3.05, 3.63) is 41.7 Å². The van der Waals surface area contributed by atoms with Crippen LogP contribution in [-0.2, 0) is 6.54 Å². The number of nitriles is 1. The summed E-state index contributed by atoms with van der Waals surface area (Å²) in [4.78, 5) is 2.49. The van der Waals surface area contributed by atoms with E-state index >= 15 is 0 Å². The van der Waals surface area contributed by atoms with Crippen LogP contribution in [0.15, 0.2) is 30.6 Å². The molecular weight excluding hydrogens is 260 g/mol. The Morgan fingerprint density at radius 2 is 2.38 bits per heavy atom. The molecule has 1 aliphatic heterocycles. The largest absolute Gasteiger partial charge is 0.322 e. The lowest BCUT2D eigenvalue weighted by Crippen LogP contribution is -2.45. The van der Waals surface area contributed by atoms with E-state index in [1.165, 1.54) is 12.8 Å². The highest BCUT2D eigenvalue weighted by Crippen LogP contribution is 2.21. The Balaban J connectivity index is 1.87. The summed E-state index contributed by atoms with van der Waals surface area (Å²) in [5, 5.41) is 13.0. The van der Waals surface area contributed by atoms with Crippen LogP contribution in [0, 0.1) is 11.3 Å². The van der Waals surface area contributed by atoms with Crippen molar-refractivity contribution in [1.82, 2.24) is 14.6 Å². The van der Waals surface area contributed by atoms with Gasteiger partial charge in [0.2, 0.25) is 0 Å². The molecule has 1 unspecified atom stereocenters. The van der Waals surface area contributed by atoms with Crippen molar-refractivity contribution >= 4 is 5.52 Å². The summed E-state index contributed by atoms with van der Waals surface area (Å²) in [6.07, 6.45) is 6.60. The van der Waals surface area contributed by atoms with Crippen LogP contribution >= 0.6 is 0 Å². The molecular formula is C17H22N4. The topological polar surface area (TPSA) is 43.5 Å². The minimum Gasteiger partial charge on any atom is -0.322 e. The SMILES string of the molecule is CCN(Cc1cn2ccccc2c1C#N)C1CCCNC1. The van der Waals surface area contributed by atoms with E-state index in [2.05, 4.69) is 33.8 Å². The number of hydrogen-bond donors (Lipinski definition) is 1. The highest BCUT2D eigenvalue weighted by molar-refractivity contribution is 5.65. The molecule has 3 rings (SSSR count). The first-order chi connectivity index (χ1) is 10.3. The number of likely N-dealkylation sites (N-methyl/N-ethyl adjacent to an activating group) is 1. The zero-order valence-electron chi connectivity index (χ0n) is 12.5. The molecule has 0 aliphatic carbocycles. The fourth-order valence-electron chi connectivity index (χ4n) is 3.29. The zero-order valence-corrected chi connectivity index (χ0v) is 12.5. The van der Waals surface area contributed by atoms with Crippen LogP contribution in [-0.4, -0.2) is 35.0 Å². The van der Waals surface area contributed by atoms with Crippen LogP contribution in [0.3, 0.4) is 0 Å². The summed E-state index contributed by atoms with van der Waals surface area (Å²) < 4.78 is 2.06. The molecule has 21 heavy (non-hydrogen) atoms. The Bertz CT molecular complexity index is 646. The van der Waals surface area contributed by atoms with Gasteiger partial charge in [-0.1, -0.05) is 13.0 Å². The molecule has 0 bridgehead atoms. The summed E-state index contributed by atoms with van der Waals surface area (Å²) in [5.41, 5.74) is 2.96. The second kappa shape index (κ2) is 6.30. The third-order valence-electron chi connectivity index (χ3n) is 4.44. The zero-order chi connectivity index (χ0) is 14.7. The molecule has 0 aromatic carbocycles. The van der Waals surface area contributed by atoms with Gasteiger partial charge in [-0.3, -0.25) is 4.90 Å². The first kappa shape index (κ1) is 14.1. The van der Waals surface area contributed by atoms with E-state index in [-0.39, 0.29) is 0 Å². The quantitative estimate of drug-likeness (QED) is 0.936. The summed E-state index contributed by atoms with van der Waals surface area (Å²) in [7, 11) is 0. The fraction of sp³-hybridized carbons (Fsp3) is 0.471. The van der Waals surface area contributed by atoms with Crippen molar-refractivity contribution in [2.24, 2.45) is 0 Å². The number of pyridine rings is 1. The number of piperidine rings is 1. The van der Waals surface area contributed by atoms with Crippen LogP contribution in [0.5, 0.6) is 0 Å². The van der Waals surface area contributed by atoms with E-state index in [1.54, 1.807) is 0 Å². The predicted molar refractivity (Wildman–Crippen MR) is 84.1 cm³/mol. The smallest absolute Gasteiger partial charge is 0.102 e. The van der Waals surface area contributed by atoms with Crippen molar-refractivity contribution in [2.45, 2.75) is 32.4 Å². The molecule has 4 heteroatoms. The highest BCUT2D eigenvalue weighted by atomic mass is 15.2. The predicted octanol–water partition coefficient (Wildman–Crippen LogP) is 2.38. The maximum absolute atomic E-state index is 9.51. The second-order valence-corrected chi connectivity index (χ2v) is 5.70. The minimum atomic E-state index is 0.582. The molecule has 0 radical (unpaired) electrons. The Labute approximate surface area is 126 Å². The number of fused-ring (bicyclic) bond motifs is 1. The Morgan fingerprint density at radius 3 is 3.10 bits per heavy atom. The van der Waals surface area contributed by atoms with Gasteiger partial charge < -0.3 is 9.72 Å². The maximum Gasteiger partial charge on any atom is 0.102 e. The highest BCUT2D eigenvalue weighted by Gasteiger charge is 2.21. The average molecular weight is 282 g/mol. The van der Waals surface area contributed by atoms with Crippen molar-refractivity contribution in [3.63, 3.8) is 0 Å². The van der Waals surface area contributed by atoms with Crippen molar-refractivity contribution < 1.29 is 0 Å². The molecule has 1 aliphatic rings. The molecule has 0 spiro atoms. The van der Waals surface area contributed by atoms with Crippen LogP contribution < -0.4 is 5.32 Å². The third kappa shape index (κ3) is 2.80. The lowest BCUT2D eigenvalue weighted by atomic mass is 10.0. The van der Waals surface area contributed by atoms with Crippen LogP contribution in [0.2, 0.25) is 0 Å². The maximum atomic E-state index is 9.51. The van der Waals surface area contributed by atoms with Gasteiger partial charge in [-0.05, 0) is 38.1 Å². The number of hydrogen-bond acceptors (Lipinski definition) is 3. The van der Waals surface area contributed by atoms with E-state index in [1.807, 2.05) is 24.4 Å². The molecule has 110 valence electrons. The van der Waals surface area contributed by atoms with Gasteiger partial charge in [0.05, 0.1) is 11.1 Å². The van der Waals surface area contributed by atoms with Gasteiger partial charge in [0.1, 0.15) is 6.07 Å². The van der Waals surface area contributed by atoms with Gasteiger partial charge in [-0.25, -0.2) is 0 Å². The molecule has 3 heterocycles. The molecule has 2 aromatic heterocycles. The van der Waals surface area contributed by atoms with Crippen molar-refractivity contribution in [2.75, 3.05) is 19.6 Å². The Morgan fingerprint density at radius 1 is 1.48 bits per heavy atom. The van der Waals surface area contributed by atoms with Gasteiger partial charge >= 0.3 is 0 Å². The Hall–Kier alpha value is -1.83. The molecule has 1 N–H and O–H groups in total. The molecule has 1 atom stereocenters. The van der Waals surface area contributed by atoms with Gasteiger partial charge in [0.25, 0.3) is 0 Å². The van der Waals surface area contributed by atoms with E-state index in [4.69, 9.17) is 0 Å². The summed E-state index contributed by atoms with van der Waals surface area (Å²) in [6.45, 7) is 6.27. The van der Waals surface area contributed by atoms with Crippen LogP contribution in [0.4, 0.5) is 0 Å². The Kier molecular flexibility index (Phi) is 4.23. The molecule has 0 saturated carbocycles. The number of rotatable bonds is 4. The van der Waals surface area contributed by atoms with Gasteiger partial charge in [-0.15, -0.1) is 0 Å². The van der Waals surface area contributed by atoms with Gasteiger partial charge in [0, 0.05) is 37.1 Å². The summed E-state index contributed by atoms with van der Waals surface area (Å²) in [6, 6.07) is 8.97. The second-order valence-electron chi connectivity index (χ2n) is 5.70. The normalized spacial score (nSPS) is 19.0. The molecule has 4 nitrogen and oxygen atoms in total.